The quantitative estimate of drug-likeness (QED) is 0.798. The van der Waals surface area contributed by atoms with Gasteiger partial charge in [0, 0.05) is 5.02 Å². The number of carbonyl (C=O) groups excluding carboxylic acids is 1. The van der Waals surface area contributed by atoms with Crippen LogP contribution in [-0.2, 0) is 0 Å². The number of alkyl halides is 3. The lowest BCUT2D eigenvalue weighted by molar-refractivity contribution is -0.122. The predicted molar refractivity (Wildman–Crippen MR) is 63.9 cm³/mol. The number of carbonyl (C=O) groups is 1. The molecule has 106 valence electrons. The molecule has 1 atom stereocenters. The van der Waals surface area contributed by atoms with Gasteiger partial charge in [-0.05, 0) is 17.7 Å². The number of nitrogens with one attached hydrogen (secondary N) is 2. The first kappa shape index (κ1) is 15.6. The second-order valence-corrected chi connectivity index (χ2v) is 4.17. The Balaban J connectivity index is 2.57. The molecule has 1 aromatic rings. The minimum absolute atomic E-state index is 0.443. The summed E-state index contributed by atoms with van der Waals surface area (Å²) in [5.74, 6) is 0. The third-order valence-electron chi connectivity index (χ3n) is 2.21. The molecule has 0 radical (unpaired) electrons. The van der Waals surface area contributed by atoms with Gasteiger partial charge >= 0.3 is 12.2 Å². The van der Waals surface area contributed by atoms with Crippen LogP contribution >= 0.6 is 11.6 Å². The van der Waals surface area contributed by atoms with Crippen LogP contribution in [-0.4, -0.2) is 30.5 Å². The van der Waals surface area contributed by atoms with E-state index in [0.717, 1.165) is 0 Å². The van der Waals surface area contributed by atoms with E-state index in [0.29, 0.717) is 10.6 Å². The minimum atomic E-state index is -4.48. The monoisotopic (exact) mass is 296 g/mol. The fourth-order valence-corrected chi connectivity index (χ4v) is 1.45. The fourth-order valence-electron chi connectivity index (χ4n) is 1.32. The molecular weight excluding hydrogens is 285 g/mol. The molecule has 0 aliphatic carbocycles. The van der Waals surface area contributed by atoms with Gasteiger partial charge in [0.2, 0.25) is 0 Å². The van der Waals surface area contributed by atoms with Crippen molar-refractivity contribution in [2.45, 2.75) is 12.2 Å². The average Bonchev–Trinajstić information content (AvgIpc) is 2.34. The molecule has 3 N–H and O–H groups in total. The van der Waals surface area contributed by atoms with Crippen LogP contribution in [0.1, 0.15) is 11.6 Å². The van der Waals surface area contributed by atoms with Gasteiger partial charge in [0.05, 0.1) is 12.6 Å². The van der Waals surface area contributed by atoms with E-state index in [4.69, 9.17) is 16.7 Å². The maximum Gasteiger partial charge on any atom is 0.405 e. The first-order valence-electron chi connectivity index (χ1n) is 5.29. The van der Waals surface area contributed by atoms with Crippen LogP contribution in [0.25, 0.3) is 0 Å². The number of urea groups is 1. The molecule has 2 amide bonds. The number of aliphatic hydroxyl groups is 1. The lowest BCUT2D eigenvalue weighted by Gasteiger charge is -2.17. The van der Waals surface area contributed by atoms with Crippen molar-refractivity contribution in [2.75, 3.05) is 13.2 Å². The molecule has 8 heteroatoms. The number of rotatable bonds is 4. The molecular formula is C11H12ClF3N2O2. The molecule has 4 nitrogen and oxygen atoms in total. The van der Waals surface area contributed by atoms with Gasteiger partial charge in [-0.3, -0.25) is 0 Å². The molecule has 1 unspecified atom stereocenters. The number of aliphatic hydroxyl groups excluding tert-OH is 1. The van der Waals surface area contributed by atoms with Crippen molar-refractivity contribution in [3.8, 4) is 0 Å². The molecule has 0 fully saturated rings. The standard InChI is InChI=1S/C11H12ClF3N2O2/c12-8-3-1-7(2-4-8)9(5-18)17-10(19)16-6-11(13,14)15/h1-4,9,18H,5-6H2,(H2,16,17,19). The highest BCUT2D eigenvalue weighted by Gasteiger charge is 2.28. The lowest BCUT2D eigenvalue weighted by Crippen LogP contribution is -2.43. The smallest absolute Gasteiger partial charge is 0.394 e. The number of halogens is 4. The van der Waals surface area contributed by atoms with Crippen LogP contribution in [0.2, 0.25) is 5.02 Å². The molecule has 1 rings (SSSR count). The molecule has 0 heterocycles. The van der Waals surface area contributed by atoms with Crippen LogP contribution in [0.5, 0.6) is 0 Å². The molecule has 0 saturated carbocycles. The first-order chi connectivity index (χ1) is 8.81. The van der Waals surface area contributed by atoms with Gasteiger partial charge in [0.1, 0.15) is 6.54 Å². The van der Waals surface area contributed by atoms with Crippen molar-refractivity contribution in [1.29, 1.82) is 0 Å². The zero-order valence-corrected chi connectivity index (χ0v) is 10.4. The Morgan fingerprint density at radius 2 is 1.89 bits per heavy atom. The highest BCUT2D eigenvalue weighted by atomic mass is 35.5. The molecule has 19 heavy (non-hydrogen) atoms. The molecule has 0 aromatic heterocycles. The molecule has 0 aliphatic heterocycles. The van der Waals surface area contributed by atoms with Gasteiger partial charge in [-0.25, -0.2) is 4.79 Å². The van der Waals surface area contributed by atoms with Gasteiger partial charge < -0.3 is 15.7 Å². The van der Waals surface area contributed by atoms with Crippen molar-refractivity contribution in [2.24, 2.45) is 0 Å². The van der Waals surface area contributed by atoms with E-state index in [9.17, 15) is 18.0 Å². The summed E-state index contributed by atoms with van der Waals surface area (Å²) in [6.45, 7) is -1.88. The normalized spacial score (nSPS) is 12.9. The van der Waals surface area contributed by atoms with Crippen LogP contribution in [0.4, 0.5) is 18.0 Å². The Morgan fingerprint density at radius 3 is 2.37 bits per heavy atom. The highest BCUT2D eigenvalue weighted by molar-refractivity contribution is 6.30. The summed E-state index contributed by atoms with van der Waals surface area (Å²) < 4.78 is 35.7. The van der Waals surface area contributed by atoms with E-state index in [1.165, 1.54) is 0 Å². The van der Waals surface area contributed by atoms with Crippen LogP contribution in [0, 0.1) is 0 Å². The van der Waals surface area contributed by atoms with Crippen molar-refractivity contribution in [1.82, 2.24) is 10.6 Å². The fraction of sp³-hybridized carbons (Fsp3) is 0.364. The zero-order valence-electron chi connectivity index (χ0n) is 9.67. The second-order valence-electron chi connectivity index (χ2n) is 3.73. The van der Waals surface area contributed by atoms with Crippen molar-refractivity contribution in [3.63, 3.8) is 0 Å². The third-order valence-corrected chi connectivity index (χ3v) is 2.46. The maximum atomic E-state index is 11.9. The largest absolute Gasteiger partial charge is 0.405 e. The Labute approximate surface area is 112 Å². The Hall–Kier alpha value is -1.47. The van der Waals surface area contributed by atoms with E-state index < -0.39 is 31.4 Å². The van der Waals surface area contributed by atoms with Crippen LogP contribution in [0.15, 0.2) is 24.3 Å². The van der Waals surface area contributed by atoms with Crippen LogP contribution < -0.4 is 10.6 Å². The summed E-state index contributed by atoms with van der Waals surface area (Å²) in [5, 5.41) is 13.5. The molecule has 1 aromatic carbocycles. The predicted octanol–water partition coefficient (Wildman–Crippen LogP) is 2.23. The lowest BCUT2D eigenvalue weighted by atomic mass is 10.1. The molecule has 0 spiro atoms. The summed E-state index contributed by atoms with van der Waals surface area (Å²) >= 11 is 5.68. The number of hydrogen-bond donors (Lipinski definition) is 3. The Kier molecular flexibility index (Phi) is 5.44. The highest BCUT2D eigenvalue weighted by Crippen LogP contribution is 2.16. The summed E-state index contributed by atoms with van der Waals surface area (Å²) in [4.78, 5) is 11.2. The number of amides is 2. The van der Waals surface area contributed by atoms with Gasteiger partial charge in [-0.15, -0.1) is 0 Å². The summed E-state index contributed by atoms with van der Waals surface area (Å²) in [6, 6.07) is 4.42. The topological polar surface area (TPSA) is 61.4 Å². The second kappa shape index (κ2) is 6.63. The minimum Gasteiger partial charge on any atom is -0.394 e. The average molecular weight is 297 g/mol. The number of benzene rings is 1. The maximum absolute atomic E-state index is 11.9. The molecule has 0 saturated heterocycles. The van der Waals surface area contributed by atoms with Gasteiger partial charge in [-0.1, -0.05) is 23.7 Å². The zero-order chi connectivity index (χ0) is 14.5. The summed E-state index contributed by atoms with van der Waals surface area (Å²) in [7, 11) is 0. The first-order valence-corrected chi connectivity index (χ1v) is 5.67. The molecule has 0 bridgehead atoms. The third kappa shape index (κ3) is 5.80. The van der Waals surface area contributed by atoms with E-state index in [1.807, 2.05) is 0 Å². The van der Waals surface area contributed by atoms with Crippen molar-refractivity contribution < 1.29 is 23.1 Å². The van der Waals surface area contributed by atoms with Crippen LogP contribution in [0.3, 0.4) is 0 Å². The number of hydrogen-bond acceptors (Lipinski definition) is 2. The van der Waals surface area contributed by atoms with E-state index in [1.54, 1.807) is 29.6 Å². The Morgan fingerprint density at radius 1 is 1.32 bits per heavy atom. The van der Waals surface area contributed by atoms with Gasteiger partial charge in [0.25, 0.3) is 0 Å². The van der Waals surface area contributed by atoms with E-state index in [-0.39, 0.29) is 0 Å². The molecule has 0 aliphatic rings. The Bertz CT molecular complexity index is 423. The van der Waals surface area contributed by atoms with Crippen molar-refractivity contribution >= 4 is 17.6 Å². The van der Waals surface area contributed by atoms with Gasteiger partial charge in [-0.2, -0.15) is 13.2 Å². The summed E-state index contributed by atoms with van der Waals surface area (Å²) in [6.07, 6.45) is -4.48. The van der Waals surface area contributed by atoms with Gasteiger partial charge in [0.15, 0.2) is 0 Å². The van der Waals surface area contributed by atoms with Crippen molar-refractivity contribution in [3.05, 3.63) is 34.9 Å². The SMILES string of the molecule is O=C(NCC(F)(F)F)NC(CO)c1ccc(Cl)cc1. The van der Waals surface area contributed by atoms with E-state index in [2.05, 4.69) is 5.32 Å². The van der Waals surface area contributed by atoms with E-state index >= 15 is 0 Å². The summed E-state index contributed by atoms with van der Waals surface area (Å²) in [5.41, 5.74) is 0.536.